The Morgan fingerprint density at radius 2 is 2.03 bits per heavy atom. The minimum Gasteiger partial charge on any atom is -0.497 e. The molecule has 2 saturated heterocycles. The summed E-state index contributed by atoms with van der Waals surface area (Å²) in [6.07, 6.45) is 3.83. The molecule has 2 atom stereocenters. The molecule has 160 valence electrons. The number of aromatic nitrogens is 1. The van der Waals surface area contributed by atoms with Gasteiger partial charge in [0.2, 0.25) is 5.91 Å². The quantitative estimate of drug-likeness (QED) is 0.724. The Morgan fingerprint density at radius 3 is 2.80 bits per heavy atom. The molecular formula is C23H29N3O4. The smallest absolute Gasteiger partial charge is 0.227 e. The van der Waals surface area contributed by atoms with Crippen molar-refractivity contribution in [3.63, 3.8) is 0 Å². The largest absolute Gasteiger partial charge is 0.497 e. The van der Waals surface area contributed by atoms with Crippen LogP contribution in [-0.2, 0) is 20.7 Å². The zero-order valence-corrected chi connectivity index (χ0v) is 17.4. The van der Waals surface area contributed by atoms with Crippen LogP contribution < -0.4 is 4.74 Å². The number of hydrogen-bond donors (Lipinski definition) is 0. The number of amides is 1. The van der Waals surface area contributed by atoms with E-state index in [1.54, 1.807) is 13.3 Å². The predicted octanol–water partition coefficient (Wildman–Crippen LogP) is 1.93. The van der Waals surface area contributed by atoms with Crippen molar-refractivity contribution < 1.29 is 19.0 Å². The van der Waals surface area contributed by atoms with Gasteiger partial charge in [0.1, 0.15) is 5.75 Å². The van der Waals surface area contributed by atoms with Crippen LogP contribution in [0.4, 0.5) is 0 Å². The van der Waals surface area contributed by atoms with E-state index in [4.69, 9.17) is 14.2 Å². The summed E-state index contributed by atoms with van der Waals surface area (Å²) in [7, 11) is 1.64. The normalized spacial score (nSPS) is 22.6. The maximum absolute atomic E-state index is 13.4. The second-order valence-electron chi connectivity index (χ2n) is 7.67. The van der Waals surface area contributed by atoms with Crippen LogP contribution in [0, 0.1) is 0 Å². The van der Waals surface area contributed by atoms with Crippen LogP contribution in [0.25, 0.3) is 0 Å². The first-order chi connectivity index (χ1) is 14.7. The Morgan fingerprint density at radius 1 is 1.17 bits per heavy atom. The van der Waals surface area contributed by atoms with Crippen LogP contribution in [0.3, 0.4) is 0 Å². The lowest BCUT2D eigenvalue weighted by Gasteiger charge is -2.43. The zero-order valence-electron chi connectivity index (χ0n) is 17.4. The average molecular weight is 412 g/mol. The Hall–Kier alpha value is -2.48. The number of methoxy groups -OCH3 is 1. The fraction of sp³-hybridized carbons (Fsp3) is 0.478. The SMILES string of the molecule is COc1cccc(CC(=O)N2CCO[C@@H](CN3CCOCC3)[C@@H]2c2cccnc2)c1. The van der Waals surface area contributed by atoms with Gasteiger partial charge in [-0.25, -0.2) is 0 Å². The summed E-state index contributed by atoms with van der Waals surface area (Å²) in [5, 5.41) is 0. The molecule has 0 bridgehead atoms. The lowest BCUT2D eigenvalue weighted by Crippen LogP contribution is -2.53. The number of benzene rings is 1. The van der Waals surface area contributed by atoms with Gasteiger partial charge in [-0.3, -0.25) is 14.7 Å². The van der Waals surface area contributed by atoms with Crippen LogP contribution >= 0.6 is 0 Å². The lowest BCUT2D eigenvalue weighted by molar-refractivity contribution is -0.148. The highest BCUT2D eigenvalue weighted by Gasteiger charge is 2.37. The van der Waals surface area contributed by atoms with Crippen molar-refractivity contribution in [2.45, 2.75) is 18.6 Å². The molecule has 0 saturated carbocycles. The minimum absolute atomic E-state index is 0.0902. The van der Waals surface area contributed by atoms with E-state index in [9.17, 15) is 4.79 Å². The first kappa shape index (κ1) is 20.8. The third-order valence-electron chi connectivity index (χ3n) is 5.73. The molecule has 2 aliphatic heterocycles. The molecule has 0 radical (unpaired) electrons. The summed E-state index contributed by atoms with van der Waals surface area (Å²) in [6, 6.07) is 11.5. The maximum atomic E-state index is 13.4. The van der Waals surface area contributed by atoms with E-state index in [-0.39, 0.29) is 18.1 Å². The van der Waals surface area contributed by atoms with Gasteiger partial charge in [0.15, 0.2) is 0 Å². The summed E-state index contributed by atoms with van der Waals surface area (Å²) in [6.45, 7) is 5.13. The maximum Gasteiger partial charge on any atom is 0.227 e. The molecule has 0 N–H and O–H groups in total. The number of rotatable bonds is 6. The Balaban J connectivity index is 1.55. The van der Waals surface area contributed by atoms with Gasteiger partial charge >= 0.3 is 0 Å². The van der Waals surface area contributed by atoms with E-state index >= 15 is 0 Å². The molecule has 0 aliphatic carbocycles. The van der Waals surface area contributed by atoms with Crippen molar-refractivity contribution in [1.29, 1.82) is 0 Å². The first-order valence-electron chi connectivity index (χ1n) is 10.5. The molecule has 2 aliphatic rings. The predicted molar refractivity (Wildman–Crippen MR) is 112 cm³/mol. The molecule has 1 aromatic heterocycles. The molecule has 0 unspecified atom stereocenters. The molecule has 2 fully saturated rings. The van der Waals surface area contributed by atoms with Crippen LogP contribution in [-0.4, -0.2) is 79.9 Å². The average Bonchev–Trinajstić information content (AvgIpc) is 2.80. The summed E-state index contributed by atoms with van der Waals surface area (Å²) >= 11 is 0. The number of carbonyl (C=O) groups is 1. The van der Waals surface area contributed by atoms with Crippen molar-refractivity contribution in [1.82, 2.24) is 14.8 Å². The van der Waals surface area contributed by atoms with Crippen LogP contribution in [0.1, 0.15) is 17.2 Å². The van der Waals surface area contributed by atoms with Gasteiger partial charge in [-0.05, 0) is 29.3 Å². The van der Waals surface area contributed by atoms with E-state index in [1.165, 1.54) is 0 Å². The van der Waals surface area contributed by atoms with Crippen molar-refractivity contribution in [3.8, 4) is 5.75 Å². The van der Waals surface area contributed by atoms with Crippen molar-refractivity contribution in [2.75, 3.05) is 53.1 Å². The van der Waals surface area contributed by atoms with Gasteiger partial charge in [-0.1, -0.05) is 18.2 Å². The summed E-state index contributed by atoms with van der Waals surface area (Å²) in [5.74, 6) is 0.851. The van der Waals surface area contributed by atoms with Gasteiger partial charge in [-0.15, -0.1) is 0 Å². The number of morpholine rings is 2. The fourth-order valence-electron chi connectivity index (χ4n) is 4.21. The fourth-order valence-corrected chi connectivity index (χ4v) is 4.21. The van der Waals surface area contributed by atoms with Crippen molar-refractivity contribution >= 4 is 5.91 Å². The molecule has 7 nitrogen and oxygen atoms in total. The van der Waals surface area contributed by atoms with E-state index in [2.05, 4.69) is 9.88 Å². The van der Waals surface area contributed by atoms with Crippen molar-refractivity contribution in [3.05, 3.63) is 59.9 Å². The van der Waals surface area contributed by atoms with Crippen molar-refractivity contribution in [2.24, 2.45) is 0 Å². The van der Waals surface area contributed by atoms with Gasteiger partial charge in [-0.2, -0.15) is 0 Å². The highest BCUT2D eigenvalue weighted by molar-refractivity contribution is 5.79. The second-order valence-corrected chi connectivity index (χ2v) is 7.67. The molecule has 1 amide bonds. The Bertz CT molecular complexity index is 826. The topological polar surface area (TPSA) is 64.1 Å². The van der Waals surface area contributed by atoms with Gasteiger partial charge in [0, 0.05) is 38.6 Å². The minimum atomic E-state index is -0.159. The monoisotopic (exact) mass is 411 g/mol. The van der Waals surface area contributed by atoms with Gasteiger partial charge in [0.25, 0.3) is 0 Å². The lowest BCUT2D eigenvalue weighted by atomic mass is 9.97. The molecule has 0 spiro atoms. The number of carbonyl (C=O) groups excluding carboxylic acids is 1. The van der Waals surface area contributed by atoms with Gasteiger partial charge in [0.05, 0.1) is 45.5 Å². The second kappa shape index (κ2) is 10.0. The number of hydrogen-bond acceptors (Lipinski definition) is 6. The first-order valence-corrected chi connectivity index (χ1v) is 10.5. The summed E-state index contributed by atoms with van der Waals surface area (Å²) < 4.78 is 17.0. The van der Waals surface area contributed by atoms with Crippen LogP contribution in [0.2, 0.25) is 0 Å². The highest BCUT2D eigenvalue weighted by Crippen LogP contribution is 2.31. The van der Waals surface area contributed by atoms with Crippen LogP contribution in [0.5, 0.6) is 5.75 Å². The molecule has 30 heavy (non-hydrogen) atoms. The van der Waals surface area contributed by atoms with E-state index in [0.717, 1.165) is 49.7 Å². The standard InChI is InChI=1S/C23H29N3O4/c1-28-20-6-2-4-18(14-20)15-22(27)26-10-13-30-21(17-25-8-11-29-12-9-25)23(26)19-5-3-7-24-16-19/h2-7,14,16,21,23H,8-13,15,17H2,1H3/t21-,23-/m0/s1. The summed E-state index contributed by atoms with van der Waals surface area (Å²) in [4.78, 5) is 22.0. The third kappa shape index (κ3) is 4.98. The molecule has 1 aromatic carbocycles. The highest BCUT2D eigenvalue weighted by atomic mass is 16.5. The Kier molecular flexibility index (Phi) is 6.94. The zero-order chi connectivity index (χ0) is 20.8. The molecular weight excluding hydrogens is 382 g/mol. The molecule has 7 heteroatoms. The van der Waals surface area contributed by atoms with E-state index < -0.39 is 0 Å². The number of nitrogens with zero attached hydrogens (tertiary/aromatic N) is 3. The van der Waals surface area contributed by atoms with Crippen LogP contribution in [0.15, 0.2) is 48.8 Å². The summed E-state index contributed by atoms with van der Waals surface area (Å²) in [5.41, 5.74) is 1.95. The molecule has 2 aromatic rings. The molecule has 3 heterocycles. The number of pyridine rings is 1. The van der Waals surface area contributed by atoms with E-state index in [0.29, 0.717) is 19.6 Å². The Labute approximate surface area is 177 Å². The van der Waals surface area contributed by atoms with Gasteiger partial charge < -0.3 is 19.1 Å². The third-order valence-corrected chi connectivity index (χ3v) is 5.73. The van der Waals surface area contributed by atoms with E-state index in [1.807, 2.05) is 47.5 Å². The number of ether oxygens (including phenoxy) is 3. The molecule has 4 rings (SSSR count).